The Labute approximate surface area is 165 Å². The topological polar surface area (TPSA) is 79.7 Å². The van der Waals surface area contributed by atoms with E-state index in [2.05, 4.69) is 4.98 Å². The molecule has 138 valence electrons. The van der Waals surface area contributed by atoms with Crippen molar-refractivity contribution in [1.82, 2.24) is 4.98 Å². The Bertz CT molecular complexity index is 1140. The molecule has 0 radical (unpaired) electrons. The number of ether oxygens (including phenoxy) is 1. The van der Waals surface area contributed by atoms with Gasteiger partial charge in [0.15, 0.2) is 0 Å². The van der Waals surface area contributed by atoms with Crippen molar-refractivity contribution in [3.63, 3.8) is 0 Å². The molecular formula is C22H15NO4S. The second-order valence-electron chi connectivity index (χ2n) is 5.95. The van der Waals surface area contributed by atoms with Crippen LogP contribution in [0.15, 0.2) is 88.7 Å². The van der Waals surface area contributed by atoms with Crippen LogP contribution in [0.4, 0.5) is 0 Å². The second-order valence-corrected chi connectivity index (χ2v) is 7.03. The van der Waals surface area contributed by atoms with Gasteiger partial charge in [0.25, 0.3) is 0 Å². The SMILES string of the molecule is O=C(O)c1c(Sc2ccc(Oc3ccccc3)cc2)c(O)nc2ccccc12. The molecule has 5 nitrogen and oxygen atoms in total. The molecule has 1 heterocycles. The highest BCUT2D eigenvalue weighted by atomic mass is 32.2. The zero-order chi connectivity index (χ0) is 19.5. The van der Waals surface area contributed by atoms with Crippen LogP contribution in [0.25, 0.3) is 10.9 Å². The number of benzene rings is 3. The summed E-state index contributed by atoms with van der Waals surface area (Å²) < 4.78 is 5.76. The number of hydrogen-bond donors (Lipinski definition) is 2. The predicted octanol–water partition coefficient (Wildman–Crippen LogP) is 5.58. The average molecular weight is 389 g/mol. The summed E-state index contributed by atoms with van der Waals surface area (Å²) in [5, 5.41) is 20.5. The zero-order valence-corrected chi connectivity index (χ0v) is 15.4. The van der Waals surface area contributed by atoms with Crippen molar-refractivity contribution >= 4 is 28.6 Å². The van der Waals surface area contributed by atoms with Gasteiger partial charge in [-0.15, -0.1) is 0 Å². The molecule has 28 heavy (non-hydrogen) atoms. The number of nitrogens with zero attached hydrogens (tertiary/aromatic N) is 1. The number of rotatable bonds is 5. The van der Waals surface area contributed by atoms with Gasteiger partial charge >= 0.3 is 5.97 Å². The Hall–Kier alpha value is -3.51. The summed E-state index contributed by atoms with van der Waals surface area (Å²) in [4.78, 5) is 17.0. The smallest absolute Gasteiger partial charge is 0.337 e. The van der Waals surface area contributed by atoms with Crippen molar-refractivity contribution in [2.45, 2.75) is 9.79 Å². The van der Waals surface area contributed by atoms with Gasteiger partial charge in [-0.1, -0.05) is 48.2 Å². The maximum absolute atomic E-state index is 11.9. The first-order valence-electron chi connectivity index (χ1n) is 8.47. The van der Waals surface area contributed by atoms with E-state index in [0.717, 1.165) is 22.4 Å². The van der Waals surface area contributed by atoms with E-state index in [4.69, 9.17) is 4.74 Å². The van der Waals surface area contributed by atoms with Gasteiger partial charge in [0.1, 0.15) is 11.5 Å². The maximum Gasteiger partial charge on any atom is 0.337 e. The highest BCUT2D eigenvalue weighted by molar-refractivity contribution is 7.99. The van der Waals surface area contributed by atoms with Crippen molar-refractivity contribution in [3.8, 4) is 17.4 Å². The van der Waals surface area contributed by atoms with Gasteiger partial charge in [0.2, 0.25) is 5.88 Å². The van der Waals surface area contributed by atoms with Crippen LogP contribution in [0, 0.1) is 0 Å². The van der Waals surface area contributed by atoms with Gasteiger partial charge in [0.05, 0.1) is 16.0 Å². The van der Waals surface area contributed by atoms with Crippen LogP contribution in [0.3, 0.4) is 0 Å². The van der Waals surface area contributed by atoms with Crippen molar-refractivity contribution in [2.24, 2.45) is 0 Å². The van der Waals surface area contributed by atoms with Crippen molar-refractivity contribution in [1.29, 1.82) is 0 Å². The van der Waals surface area contributed by atoms with Crippen molar-refractivity contribution in [3.05, 3.63) is 84.4 Å². The van der Waals surface area contributed by atoms with E-state index in [-0.39, 0.29) is 16.3 Å². The minimum absolute atomic E-state index is 0.0395. The molecule has 0 aliphatic heterocycles. The fourth-order valence-electron chi connectivity index (χ4n) is 2.81. The van der Waals surface area contributed by atoms with Crippen LogP contribution in [0.5, 0.6) is 17.4 Å². The Balaban J connectivity index is 1.65. The van der Waals surface area contributed by atoms with Crippen LogP contribution in [0.2, 0.25) is 0 Å². The van der Waals surface area contributed by atoms with Crippen molar-refractivity contribution < 1.29 is 19.7 Å². The Morgan fingerprint density at radius 2 is 1.50 bits per heavy atom. The lowest BCUT2D eigenvalue weighted by atomic mass is 10.1. The summed E-state index contributed by atoms with van der Waals surface area (Å²) >= 11 is 1.15. The number of aromatic hydroxyl groups is 1. The van der Waals surface area contributed by atoms with Crippen LogP contribution < -0.4 is 4.74 Å². The molecule has 0 unspecified atom stereocenters. The molecule has 6 heteroatoms. The van der Waals surface area contributed by atoms with Gasteiger partial charge in [-0.25, -0.2) is 9.78 Å². The lowest BCUT2D eigenvalue weighted by Crippen LogP contribution is -2.02. The van der Waals surface area contributed by atoms with Crippen LogP contribution in [-0.2, 0) is 0 Å². The minimum atomic E-state index is -1.11. The first-order chi connectivity index (χ1) is 13.6. The zero-order valence-electron chi connectivity index (χ0n) is 14.6. The number of para-hydroxylation sites is 2. The summed E-state index contributed by atoms with van der Waals surface area (Å²) in [5.74, 6) is -0.0200. The molecule has 4 aromatic rings. The molecule has 0 saturated heterocycles. The number of hydrogen-bond acceptors (Lipinski definition) is 5. The number of pyridine rings is 1. The number of carboxylic acid groups (broad SMARTS) is 1. The van der Waals surface area contributed by atoms with E-state index in [0.29, 0.717) is 16.7 Å². The first-order valence-corrected chi connectivity index (χ1v) is 9.29. The molecule has 0 spiro atoms. The van der Waals surface area contributed by atoms with E-state index >= 15 is 0 Å². The van der Waals surface area contributed by atoms with Crippen LogP contribution in [0.1, 0.15) is 10.4 Å². The highest BCUT2D eigenvalue weighted by Gasteiger charge is 2.21. The number of aromatic nitrogens is 1. The van der Waals surface area contributed by atoms with Gasteiger partial charge in [-0.05, 0) is 42.5 Å². The van der Waals surface area contributed by atoms with Crippen LogP contribution in [-0.4, -0.2) is 21.2 Å². The van der Waals surface area contributed by atoms with Gasteiger partial charge in [-0.3, -0.25) is 0 Å². The first kappa shape index (κ1) is 17.9. The normalized spacial score (nSPS) is 10.7. The molecule has 0 aliphatic carbocycles. The Morgan fingerprint density at radius 1 is 0.857 bits per heavy atom. The quantitative estimate of drug-likeness (QED) is 0.464. The standard InChI is InChI=1S/C22H15NO4S/c24-21-20(19(22(25)26)17-8-4-5-9-18(17)23-21)28-16-12-10-15(11-13-16)27-14-6-2-1-3-7-14/h1-13H,(H,23,24)(H,25,26). The lowest BCUT2D eigenvalue weighted by Gasteiger charge is -2.11. The minimum Gasteiger partial charge on any atom is -0.492 e. The van der Waals surface area contributed by atoms with Gasteiger partial charge in [-0.2, -0.15) is 0 Å². The maximum atomic E-state index is 11.9. The fourth-order valence-corrected chi connectivity index (χ4v) is 3.75. The molecule has 0 aliphatic rings. The summed E-state index contributed by atoms with van der Waals surface area (Å²) in [5.41, 5.74) is 0.478. The molecule has 0 saturated carbocycles. The molecule has 0 bridgehead atoms. The molecule has 0 amide bonds. The third-order valence-corrected chi connectivity index (χ3v) is 5.17. The lowest BCUT2D eigenvalue weighted by molar-refractivity contribution is 0.0694. The van der Waals surface area contributed by atoms with Crippen LogP contribution >= 0.6 is 11.8 Å². The Kier molecular flexibility index (Phi) is 4.87. The van der Waals surface area contributed by atoms with E-state index in [1.165, 1.54) is 0 Å². The number of carbonyl (C=O) groups is 1. The number of aromatic carboxylic acids is 1. The van der Waals surface area contributed by atoms with Gasteiger partial charge in [0, 0.05) is 10.3 Å². The fraction of sp³-hybridized carbons (Fsp3) is 0. The largest absolute Gasteiger partial charge is 0.492 e. The van der Waals surface area contributed by atoms with E-state index < -0.39 is 5.97 Å². The molecule has 4 rings (SSSR count). The number of carboxylic acids is 1. The average Bonchev–Trinajstić information content (AvgIpc) is 2.70. The highest BCUT2D eigenvalue weighted by Crippen LogP contribution is 2.40. The second kappa shape index (κ2) is 7.62. The molecular weight excluding hydrogens is 374 g/mol. The monoisotopic (exact) mass is 389 g/mol. The molecule has 0 fully saturated rings. The molecule has 3 aromatic carbocycles. The van der Waals surface area contributed by atoms with Gasteiger partial charge < -0.3 is 14.9 Å². The molecule has 2 N–H and O–H groups in total. The Morgan fingerprint density at radius 3 is 2.21 bits per heavy atom. The summed E-state index contributed by atoms with van der Waals surface area (Å²) in [7, 11) is 0. The van der Waals surface area contributed by atoms with E-state index in [9.17, 15) is 15.0 Å². The van der Waals surface area contributed by atoms with E-state index in [1.807, 2.05) is 42.5 Å². The third-order valence-electron chi connectivity index (χ3n) is 4.07. The number of fused-ring (bicyclic) bond motifs is 1. The van der Waals surface area contributed by atoms with Crippen molar-refractivity contribution in [2.75, 3.05) is 0 Å². The van der Waals surface area contributed by atoms with E-state index in [1.54, 1.807) is 36.4 Å². The summed E-state index contributed by atoms with van der Waals surface area (Å²) in [6.07, 6.45) is 0. The predicted molar refractivity (Wildman–Crippen MR) is 107 cm³/mol. The molecule has 1 aromatic heterocycles. The molecule has 0 atom stereocenters. The summed E-state index contributed by atoms with van der Waals surface area (Å²) in [6, 6.07) is 23.5. The summed E-state index contributed by atoms with van der Waals surface area (Å²) in [6.45, 7) is 0. The third kappa shape index (κ3) is 3.63.